The topological polar surface area (TPSA) is 39.2 Å². The number of methoxy groups -OCH3 is 1. The molecule has 0 spiro atoms. The Hall–Kier alpha value is -2.20. The van der Waals surface area contributed by atoms with Gasteiger partial charge in [-0.15, -0.1) is 11.3 Å². The lowest BCUT2D eigenvalue weighted by Gasteiger charge is -2.07. The number of ether oxygens (including phenoxy) is 1. The summed E-state index contributed by atoms with van der Waals surface area (Å²) < 4.78 is 5.31. The van der Waals surface area contributed by atoms with E-state index in [-0.39, 0.29) is 5.78 Å². The van der Waals surface area contributed by atoms with Crippen molar-refractivity contribution in [3.8, 4) is 5.75 Å². The van der Waals surface area contributed by atoms with Gasteiger partial charge in [0.2, 0.25) is 0 Å². The molecule has 0 aliphatic carbocycles. The second kappa shape index (κ2) is 5.66. The average Bonchev–Trinajstić information content (AvgIpc) is 2.96. The summed E-state index contributed by atoms with van der Waals surface area (Å²) in [5.41, 5.74) is 1.19. The van der Waals surface area contributed by atoms with Crippen LogP contribution in [-0.2, 0) is 6.42 Å². The SMILES string of the molecule is COc1ccc2cccc(Cc3ncc(C(C)=O)s3)c2c1. The standard InChI is InChI=1S/C17H15NO2S/c1-11(19)16-10-18-17(21-16)8-13-5-3-4-12-6-7-14(20-2)9-15(12)13/h3-7,9-10H,8H2,1-2H3. The maximum atomic E-state index is 11.4. The molecule has 0 N–H and O–H groups in total. The van der Waals surface area contributed by atoms with Crippen LogP contribution in [0.3, 0.4) is 0 Å². The lowest BCUT2D eigenvalue weighted by Crippen LogP contribution is -1.90. The fourth-order valence-corrected chi connectivity index (χ4v) is 3.15. The molecule has 0 saturated carbocycles. The molecule has 0 aliphatic heterocycles. The van der Waals surface area contributed by atoms with Gasteiger partial charge in [0.1, 0.15) is 5.75 Å². The maximum Gasteiger partial charge on any atom is 0.171 e. The van der Waals surface area contributed by atoms with Gasteiger partial charge in [-0.1, -0.05) is 24.3 Å². The van der Waals surface area contributed by atoms with E-state index < -0.39 is 0 Å². The fraction of sp³-hybridized carbons (Fsp3) is 0.176. The van der Waals surface area contributed by atoms with Gasteiger partial charge in [0, 0.05) is 19.5 Å². The van der Waals surface area contributed by atoms with E-state index in [1.165, 1.54) is 22.3 Å². The highest BCUT2D eigenvalue weighted by Gasteiger charge is 2.09. The van der Waals surface area contributed by atoms with E-state index >= 15 is 0 Å². The van der Waals surface area contributed by atoms with Gasteiger partial charge in [0.15, 0.2) is 5.78 Å². The number of hydrogen-bond acceptors (Lipinski definition) is 4. The molecule has 1 aromatic heterocycles. The fourth-order valence-electron chi connectivity index (χ4n) is 2.32. The van der Waals surface area contributed by atoms with E-state index in [9.17, 15) is 4.79 Å². The largest absolute Gasteiger partial charge is 0.497 e. The first kappa shape index (κ1) is 13.8. The van der Waals surface area contributed by atoms with E-state index in [0.717, 1.165) is 22.6 Å². The molecule has 106 valence electrons. The minimum absolute atomic E-state index is 0.0679. The Bertz CT molecular complexity index is 807. The number of carbonyl (C=O) groups excluding carboxylic acids is 1. The molecule has 21 heavy (non-hydrogen) atoms. The van der Waals surface area contributed by atoms with Crippen molar-refractivity contribution >= 4 is 27.9 Å². The Labute approximate surface area is 127 Å². The molecular formula is C17H15NO2S. The molecule has 0 aliphatic rings. The van der Waals surface area contributed by atoms with Crippen molar-refractivity contribution in [2.24, 2.45) is 0 Å². The van der Waals surface area contributed by atoms with Crippen LogP contribution in [0.4, 0.5) is 0 Å². The Morgan fingerprint density at radius 3 is 2.86 bits per heavy atom. The van der Waals surface area contributed by atoms with E-state index in [4.69, 9.17) is 4.74 Å². The number of carbonyl (C=O) groups is 1. The molecule has 3 aromatic rings. The maximum absolute atomic E-state index is 11.4. The monoisotopic (exact) mass is 297 g/mol. The quantitative estimate of drug-likeness (QED) is 0.681. The normalized spacial score (nSPS) is 10.8. The summed E-state index contributed by atoms with van der Waals surface area (Å²) in [7, 11) is 1.67. The first-order valence-electron chi connectivity index (χ1n) is 6.68. The highest BCUT2D eigenvalue weighted by molar-refractivity contribution is 7.13. The number of fused-ring (bicyclic) bond motifs is 1. The van der Waals surface area contributed by atoms with E-state index in [0.29, 0.717) is 4.88 Å². The molecule has 3 nitrogen and oxygen atoms in total. The van der Waals surface area contributed by atoms with Crippen molar-refractivity contribution in [2.75, 3.05) is 7.11 Å². The molecule has 0 radical (unpaired) electrons. The molecule has 0 bridgehead atoms. The van der Waals surface area contributed by atoms with Crippen LogP contribution in [0.5, 0.6) is 5.75 Å². The van der Waals surface area contributed by atoms with Crippen molar-refractivity contribution in [2.45, 2.75) is 13.3 Å². The average molecular weight is 297 g/mol. The summed E-state index contributed by atoms with van der Waals surface area (Å²) >= 11 is 1.46. The number of nitrogens with zero attached hydrogens (tertiary/aromatic N) is 1. The van der Waals surface area contributed by atoms with Gasteiger partial charge in [-0.3, -0.25) is 4.79 Å². The summed E-state index contributed by atoms with van der Waals surface area (Å²) in [6.07, 6.45) is 2.39. The van der Waals surface area contributed by atoms with Crippen LogP contribution < -0.4 is 4.74 Å². The first-order chi connectivity index (χ1) is 10.2. The van der Waals surface area contributed by atoms with Crippen LogP contribution in [0.2, 0.25) is 0 Å². The molecule has 1 heterocycles. The van der Waals surface area contributed by atoms with Crippen LogP contribution in [0.25, 0.3) is 10.8 Å². The number of hydrogen-bond donors (Lipinski definition) is 0. The van der Waals surface area contributed by atoms with Gasteiger partial charge in [0.25, 0.3) is 0 Å². The van der Waals surface area contributed by atoms with Crippen molar-refractivity contribution in [3.05, 3.63) is 58.0 Å². The van der Waals surface area contributed by atoms with Crippen LogP contribution in [0, 0.1) is 0 Å². The predicted octanol–water partition coefficient (Wildman–Crippen LogP) is 4.10. The molecule has 3 rings (SSSR count). The second-order valence-electron chi connectivity index (χ2n) is 4.86. The van der Waals surface area contributed by atoms with Crippen molar-refractivity contribution in [1.29, 1.82) is 0 Å². The minimum atomic E-state index is 0.0679. The zero-order valence-corrected chi connectivity index (χ0v) is 12.7. The lowest BCUT2D eigenvalue weighted by atomic mass is 10.0. The minimum Gasteiger partial charge on any atom is -0.497 e. The highest BCUT2D eigenvalue weighted by atomic mass is 32.1. The summed E-state index contributed by atoms with van der Waals surface area (Å²) in [4.78, 5) is 16.4. The number of benzene rings is 2. The number of aromatic nitrogens is 1. The zero-order valence-electron chi connectivity index (χ0n) is 11.9. The first-order valence-corrected chi connectivity index (χ1v) is 7.50. The van der Waals surface area contributed by atoms with Gasteiger partial charge < -0.3 is 4.74 Å². The molecule has 4 heteroatoms. The molecule has 0 fully saturated rings. The third-order valence-electron chi connectivity index (χ3n) is 3.42. The van der Waals surface area contributed by atoms with Gasteiger partial charge in [0.05, 0.1) is 17.0 Å². The lowest BCUT2D eigenvalue weighted by molar-refractivity contribution is 0.102. The molecule has 2 aromatic carbocycles. The predicted molar refractivity (Wildman–Crippen MR) is 85.4 cm³/mol. The highest BCUT2D eigenvalue weighted by Crippen LogP contribution is 2.27. The summed E-state index contributed by atoms with van der Waals surface area (Å²) in [5.74, 6) is 0.914. The van der Waals surface area contributed by atoms with Crippen molar-refractivity contribution in [1.82, 2.24) is 4.98 Å². The Balaban J connectivity index is 2.00. The zero-order chi connectivity index (χ0) is 14.8. The number of ketones is 1. The van der Waals surface area contributed by atoms with Crippen LogP contribution in [-0.4, -0.2) is 17.9 Å². The molecule has 0 unspecified atom stereocenters. The van der Waals surface area contributed by atoms with Crippen LogP contribution in [0.1, 0.15) is 27.2 Å². The van der Waals surface area contributed by atoms with Gasteiger partial charge in [-0.05, 0) is 28.5 Å². The van der Waals surface area contributed by atoms with Crippen molar-refractivity contribution < 1.29 is 9.53 Å². The number of Topliss-reactive ketones (excluding diaryl/α,β-unsaturated/α-hetero) is 1. The summed E-state index contributed by atoms with van der Waals surface area (Å²) in [6, 6.07) is 12.3. The Morgan fingerprint density at radius 2 is 2.14 bits per heavy atom. The number of thiazole rings is 1. The van der Waals surface area contributed by atoms with E-state index in [2.05, 4.69) is 23.2 Å². The second-order valence-corrected chi connectivity index (χ2v) is 5.97. The number of rotatable bonds is 4. The Morgan fingerprint density at radius 1 is 1.29 bits per heavy atom. The Kier molecular flexibility index (Phi) is 3.71. The molecular weight excluding hydrogens is 282 g/mol. The molecule has 0 amide bonds. The molecule has 0 atom stereocenters. The van der Waals surface area contributed by atoms with Gasteiger partial charge in [-0.2, -0.15) is 0 Å². The van der Waals surface area contributed by atoms with Crippen LogP contribution in [0.15, 0.2) is 42.6 Å². The van der Waals surface area contributed by atoms with E-state index in [1.807, 2.05) is 18.2 Å². The van der Waals surface area contributed by atoms with Crippen LogP contribution >= 0.6 is 11.3 Å². The van der Waals surface area contributed by atoms with E-state index in [1.54, 1.807) is 20.2 Å². The van der Waals surface area contributed by atoms with Crippen molar-refractivity contribution in [3.63, 3.8) is 0 Å². The third kappa shape index (κ3) is 2.81. The smallest absolute Gasteiger partial charge is 0.171 e. The third-order valence-corrected chi connectivity index (χ3v) is 4.52. The molecule has 0 saturated heterocycles. The summed E-state index contributed by atoms with van der Waals surface area (Å²) in [6.45, 7) is 1.57. The summed E-state index contributed by atoms with van der Waals surface area (Å²) in [5, 5.41) is 3.29. The van der Waals surface area contributed by atoms with Gasteiger partial charge in [-0.25, -0.2) is 4.98 Å². The van der Waals surface area contributed by atoms with Gasteiger partial charge >= 0.3 is 0 Å².